The Morgan fingerprint density at radius 3 is 2.48 bits per heavy atom. The molecule has 1 amide bonds. The quantitative estimate of drug-likeness (QED) is 0.796. The van der Waals surface area contributed by atoms with E-state index in [1.807, 2.05) is 55.8 Å². The number of rotatable bonds is 4. The zero-order chi connectivity index (χ0) is 18.0. The molecule has 0 atom stereocenters. The van der Waals surface area contributed by atoms with Gasteiger partial charge in [0, 0.05) is 24.5 Å². The zero-order valence-corrected chi connectivity index (χ0v) is 14.5. The monoisotopic (exact) mass is 336 g/mol. The Kier molecular flexibility index (Phi) is 4.52. The minimum atomic E-state index is -0.272. The molecule has 0 bridgehead atoms. The molecule has 0 aliphatic rings. The molecule has 0 saturated carbocycles. The van der Waals surface area contributed by atoms with E-state index in [2.05, 4.69) is 10.4 Å². The number of para-hydroxylation sites is 1. The fraction of sp³-hybridized carbons (Fsp3) is 0.211. The third kappa shape index (κ3) is 3.24. The first kappa shape index (κ1) is 16.7. The first-order valence-electron chi connectivity index (χ1n) is 8.14. The molecule has 0 fully saturated rings. The van der Waals surface area contributed by atoms with Crippen LogP contribution in [-0.2, 0) is 6.54 Å². The summed E-state index contributed by atoms with van der Waals surface area (Å²) >= 11 is 0. The normalized spacial score (nSPS) is 10.7. The number of benzene rings is 1. The highest BCUT2D eigenvalue weighted by Crippen LogP contribution is 2.20. The summed E-state index contributed by atoms with van der Waals surface area (Å²) in [7, 11) is 0. The van der Waals surface area contributed by atoms with Crippen molar-refractivity contribution in [2.24, 2.45) is 0 Å². The molecule has 0 saturated heterocycles. The van der Waals surface area contributed by atoms with Gasteiger partial charge in [-0.05, 0) is 39.0 Å². The maximum Gasteiger partial charge on any atom is 0.257 e. The first-order chi connectivity index (χ1) is 12.0. The average Bonchev–Trinajstić information content (AvgIpc) is 2.90. The molecule has 0 aliphatic carbocycles. The predicted octanol–water partition coefficient (Wildman–Crippen LogP) is 2.92. The molecule has 0 unspecified atom stereocenters. The van der Waals surface area contributed by atoms with Gasteiger partial charge in [0.1, 0.15) is 0 Å². The molecule has 0 spiro atoms. The van der Waals surface area contributed by atoms with E-state index in [4.69, 9.17) is 0 Å². The largest absolute Gasteiger partial charge is 0.319 e. The lowest BCUT2D eigenvalue weighted by Gasteiger charge is -2.09. The number of aryl methyl sites for hydroxylation is 2. The van der Waals surface area contributed by atoms with Gasteiger partial charge in [-0.25, -0.2) is 0 Å². The summed E-state index contributed by atoms with van der Waals surface area (Å²) in [6, 6.07) is 12.2. The third-order valence-corrected chi connectivity index (χ3v) is 4.13. The van der Waals surface area contributed by atoms with E-state index in [9.17, 15) is 9.59 Å². The molecule has 3 rings (SSSR count). The first-order valence-corrected chi connectivity index (χ1v) is 8.14. The van der Waals surface area contributed by atoms with Crippen molar-refractivity contribution in [3.05, 3.63) is 76.0 Å². The molecule has 6 nitrogen and oxygen atoms in total. The molecular weight excluding hydrogens is 316 g/mol. The Labute approximate surface area is 145 Å². The van der Waals surface area contributed by atoms with Gasteiger partial charge in [0.2, 0.25) is 0 Å². The van der Waals surface area contributed by atoms with Gasteiger partial charge in [0.25, 0.3) is 11.5 Å². The molecule has 1 N–H and O–H groups in total. The van der Waals surface area contributed by atoms with Crippen LogP contribution in [0.3, 0.4) is 0 Å². The van der Waals surface area contributed by atoms with E-state index in [-0.39, 0.29) is 11.5 Å². The Hall–Kier alpha value is -3.15. The predicted molar refractivity (Wildman–Crippen MR) is 97.4 cm³/mol. The molecule has 2 heterocycles. The van der Waals surface area contributed by atoms with Crippen molar-refractivity contribution in [3.8, 4) is 5.69 Å². The number of aromatic nitrogens is 3. The molecule has 1 aromatic carbocycles. The minimum absolute atomic E-state index is 0.186. The fourth-order valence-electron chi connectivity index (χ4n) is 2.78. The summed E-state index contributed by atoms with van der Waals surface area (Å²) < 4.78 is 3.31. The molecule has 128 valence electrons. The van der Waals surface area contributed by atoms with E-state index in [1.165, 1.54) is 16.7 Å². The van der Waals surface area contributed by atoms with Crippen molar-refractivity contribution in [1.29, 1.82) is 0 Å². The van der Waals surface area contributed by atoms with Crippen molar-refractivity contribution < 1.29 is 4.79 Å². The van der Waals surface area contributed by atoms with Gasteiger partial charge in [-0.1, -0.05) is 18.2 Å². The number of hydrogen-bond acceptors (Lipinski definition) is 3. The summed E-state index contributed by atoms with van der Waals surface area (Å²) in [5.74, 6) is -0.272. The standard InChI is InChI=1S/C19H20N4O2/c1-4-23-14(3)18(13(2)21-23)20-19(25)15-10-11-17(24)22(12-15)16-8-6-5-7-9-16/h5-12H,4H2,1-3H3,(H,20,25). The fourth-order valence-corrected chi connectivity index (χ4v) is 2.78. The maximum absolute atomic E-state index is 12.6. The van der Waals surface area contributed by atoms with E-state index in [0.29, 0.717) is 16.9 Å². The molecular formula is C19H20N4O2. The minimum Gasteiger partial charge on any atom is -0.319 e. The van der Waals surface area contributed by atoms with Crippen LogP contribution in [0.2, 0.25) is 0 Å². The number of pyridine rings is 1. The lowest BCUT2D eigenvalue weighted by atomic mass is 10.2. The lowest BCUT2D eigenvalue weighted by Crippen LogP contribution is -2.21. The lowest BCUT2D eigenvalue weighted by molar-refractivity contribution is 0.102. The number of hydrogen-bond donors (Lipinski definition) is 1. The van der Waals surface area contributed by atoms with Gasteiger partial charge in [0.05, 0.1) is 22.6 Å². The van der Waals surface area contributed by atoms with Crippen molar-refractivity contribution >= 4 is 11.6 Å². The highest BCUT2D eigenvalue weighted by Gasteiger charge is 2.15. The van der Waals surface area contributed by atoms with Crippen molar-refractivity contribution in [1.82, 2.24) is 14.3 Å². The molecule has 2 aromatic heterocycles. The number of carbonyl (C=O) groups is 1. The van der Waals surface area contributed by atoms with Gasteiger partial charge in [-0.2, -0.15) is 5.10 Å². The van der Waals surface area contributed by atoms with Crippen LogP contribution < -0.4 is 10.9 Å². The van der Waals surface area contributed by atoms with Crippen LogP contribution in [0.5, 0.6) is 0 Å². The number of amides is 1. The van der Waals surface area contributed by atoms with Crippen molar-refractivity contribution in [3.63, 3.8) is 0 Å². The second-order valence-electron chi connectivity index (χ2n) is 5.78. The van der Waals surface area contributed by atoms with E-state index in [0.717, 1.165) is 17.9 Å². The summed E-state index contributed by atoms with van der Waals surface area (Å²) in [6.07, 6.45) is 1.56. The Bertz CT molecular complexity index is 971. The van der Waals surface area contributed by atoms with Crippen LogP contribution >= 0.6 is 0 Å². The summed E-state index contributed by atoms with van der Waals surface area (Å²) in [6.45, 7) is 6.52. The Morgan fingerprint density at radius 2 is 1.84 bits per heavy atom. The SMILES string of the molecule is CCn1nc(C)c(NC(=O)c2ccc(=O)n(-c3ccccc3)c2)c1C. The van der Waals surface area contributed by atoms with E-state index in [1.54, 1.807) is 6.20 Å². The molecule has 0 aliphatic heterocycles. The van der Waals surface area contributed by atoms with Crippen LogP contribution in [0.25, 0.3) is 5.69 Å². The molecule has 3 aromatic rings. The Balaban J connectivity index is 1.94. The summed E-state index contributed by atoms with van der Waals surface area (Å²) in [5.41, 5.74) is 3.33. The number of nitrogens with one attached hydrogen (secondary N) is 1. The number of nitrogens with zero attached hydrogens (tertiary/aromatic N) is 3. The second kappa shape index (κ2) is 6.76. The van der Waals surface area contributed by atoms with Crippen molar-refractivity contribution in [2.45, 2.75) is 27.3 Å². The smallest absolute Gasteiger partial charge is 0.257 e. The van der Waals surface area contributed by atoms with Crippen LogP contribution in [0.1, 0.15) is 28.7 Å². The van der Waals surface area contributed by atoms with Crippen LogP contribution in [0, 0.1) is 13.8 Å². The molecule has 0 radical (unpaired) electrons. The highest BCUT2D eigenvalue weighted by molar-refractivity contribution is 6.04. The molecule has 6 heteroatoms. The van der Waals surface area contributed by atoms with Gasteiger partial charge < -0.3 is 5.32 Å². The Morgan fingerprint density at radius 1 is 1.12 bits per heavy atom. The maximum atomic E-state index is 12.6. The number of carbonyl (C=O) groups excluding carboxylic acids is 1. The summed E-state index contributed by atoms with van der Waals surface area (Å²) in [5, 5.41) is 7.31. The number of anilines is 1. The average molecular weight is 336 g/mol. The van der Waals surface area contributed by atoms with Gasteiger partial charge in [-0.3, -0.25) is 18.8 Å². The summed E-state index contributed by atoms with van der Waals surface area (Å²) in [4.78, 5) is 24.8. The zero-order valence-electron chi connectivity index (χ0n) is 14.5. The third-order valence-electron chi connectivity index (χ3n) is 4.13. The van der Waals surface area contributed by atoms with Gasteiger partial charge in [-0.15, -0.1) is 0 Å². The topological polar surface area (TPSA) is 68.9 Å². The van der Waals surface area contributed by atoms with Crippen LogP contribution in [0.4, 0.5) is 5.69 Å². The van der Waals surface area contributed by atoms with Crippen molar-refractivity contribution in [2.75, 3.05) is 5.32 Å². The van der Waals surface area contributed by atoms with Crippen LogP contribution in [0.15, 0.2) is 53.5 Å². The van der Waals surface area contributed by atoms with Crippen LogP contribution in [-0.4, -0.2) is 20.3 Å². The van der Waals surface area contributed by atoms with Gasteiger partial charge >= 0.3 is 0 Å². The second-order valence-corrected chi connectivity index (χ2v) is 5.78. The van der Waals surface area contributed by atoms with E-state index >= 15 is 0 Å². The highest BCUT2D eigenvalue weighted by atomic mass is 16.2. The van der Waals surface area contributed by atoms with Gasteiger partial charge in [0.15, 0.2) is 0 Å². The van der Waals surface area contributed by atoms with E-state index < -0.39 is 0 Å². The molecule has 25 heavy (non-hydrogen) atoms.